The van der Waals surface area contributed by atoms with Gasteiger partial charge in [0.15, 0.2) is 0 Å². The Kier molecular flexibility index (Phi) is 8.52. The molecule has 0 saturated carbocycles. The number of pyridine rings is 1. The van der Waals surface area contributed by atoms with Gasteiger partial charge in [0.2, 0.25) is 11.9 Å². The normalized spacial score (nSPS) is 11.7. The Morgan fingerprint density at radius 3 is 2.50 bits per heavy atom. The van der Waals surface area contributed by atoms with Crippen molar-refractivity contribution in [2.45, 2.75) is 26.4 Å². The smallest absolute Gasteiger partial charge is 0.419 e. The lowest BCUT2D eigenvalue weighted by molar-refractivity contribution is -0.140. The number of halogens is 5. The summed E-state index contributed by atoms with van der Waals surface area (Å²) in [6.45, 7) is 5.82. The molecule has 2 N–H and O–H groups in total. The minimum atomic E-state index is -4.99. The highest BCUT2D eigenvalue weighted by atomic mass is 19.4. The zero-order valence-corrected chi connectivity index (χ0v) is 21.9. The van der Waals surface area contributed by atoms with Crippen LogP contribution in [-0.4, -0.2) is 45.0 Å². The Morgan fingerprint density at radius 1 is 1.05 bits per heavy atom. The molecule has 2 aromatic heterocycles. The van der Waals surface area contributed by atoms with Crippen LogP contribution in [0.15, 0.2) is 48.7 Å². The molecule has 0 unspecified atom stereocenters. The maximum atomic E-state index is 14.3. The first-order chi connectivity index (χ1) is 19.0. The number of benzene rings is 2. The molecule has 0 spiro atoms. The van der Waals surface area contributed by atoms with E-state index in [0.29, 0.717) is 34.4 Å². The van der Waals surface area contributed by atoms with Crippen molar-refractivity contribution in [2.24, 2.45) is 7.05 Å². The molecule has 0 aliphatic rings. The lowest BCUT2D eigenvalue weighted by Gasteiger charge is -2.18. The third-order valence-corrected chi connectivity index (χ3v) is 6.05. The van der Waals surface area contributed by atoms with Crippen LogP contribution in [0.3, 0.4) is 0 Å². The SMILES string of the molecule is CCCN(CC)CC(=O)Nc1cc(Oc2ccc3c(c2)nc(Nc2cc(C(F)(F)F)c(F)cc2F)n3C)ccn1. The number of anilines is 3. The average molecular weight is 563 g/mol. The predicted molar refractivity (Wildman–Crippen MR) is 141 cm³/mol. The van der Waals surface area contributed by atoms with Gasteiger partial charge in [0, 0.05) is 31.4 Å². The van der Waals surface area contributed by atoms with Crippen LogP contribution in [0, 0.1) is 11.6 Å². The van der Waals surface area contributed by atoms with E-state index in [1.54, 1.807) is 37.4 Å². The summed E-state index contributed by atoms with van der Waals surface area (Å²) < 4.78 is 74.6. The average Bonchev–Trinajstić information content (AvgIpc) is 3.19. The molecule has 0 aliphatic carbocycles. The second-order valence-corrected chi connectivity index (χ2v) is 8.98. The van der Waals surface area contributed by atoms with Crippen molar-refractivity contribution in [1.29, 1.82) is 0 Å². The van der Waals surface area contributed by atoms with Gasteiger partial charge in [0.05, 0.1) is 28.8 Å². The van der Waals surface area contributed by atoms with Crippen LogP contribution in [0.1, 0.15) is 25.8 Å². The number of fused-ring (bicyclic) bond motifs is 1. The number of nitrogens with one attached hydrogen (secondary N) is 2. The largest absolute Gasteiger partial charge is 0.457 e. The number of aryl methyl sites for hydroxylation is 1. The van der Waals surface area contributed by atoms with Gasteiger partial charge in [-0.2, -0.15) is 13.2 Å². The van der Waals surface area contributed by atoms with Crippen molar-refractivity contribution in [3.05, 3.63) is 65.9 Å². The number of hydrogen-bond acceptors (Lipinski definition) is 6. The Labute approximate surface area is 226 Å². The molecule has 2 heterocycles. The highest BCUT2D eigenvalue weighted by molar-refractivity contribution is 5.91. The lowest BCUT2D eigenvalue weighted by Crippen LogP contribution is -2.33. The zero-order chi connectivity index (χ0) is 29.0. The number of ether oxygens (including phenoxy) is 1. The van der Waals surface area contributed by atoms with E-state index in [-0.39, 0.29) is 24.5 Å². The molecular weight excluding hydrogens is 535 g/mol. The van der Waals surface area contributed by atoms with Gasteiger partial charge in [0.25, 0.3) is 0 Å². The van der Waals surface area contributed by atoms with E-state index in [0.717, 1.165) is 19.5 Å². The van der Waals surface area contributed by atoms with Crippen LogP contribution in [0.4, 0.5) is 39.4 Å². The summed E-state index contributed by atoms with van der Waals surface area (Å²) in [6.07, 6.45) is -2.57. The Hall–Kier alpha value is -4.26. The number of nitrogens with zero attached hydrogens (tertiary/aromatic N) is 4. The first kappa shape index (κ1) is 28.7. The molecule has 0 aliphatic heterocycles. The van der Waals surface area contributed by atoms with E-state index in [9.17, 15) is 26.7 Å². The number of likely N-dealkylation sites (N-methyl/N-ethyl adjacent to an activating group) is 1. The zero-order valence-electron chi connectivity index (χ0n) is 21.9. The minimum Gasteiger partial charge on any atom is -0.457 e. The van der Waals surface area contributed by atoms with Gasteiger partial charge >= 0.3 is 6.18 Å². The first-order valence-corrected chi connectivity index (χ1v) is 12.4. The molecule has 0 fully saturated rings. The highest BCUT2D eigenvalue weighted by Crippen LogP contribution is 2.35. The highest BCUT2D eigenvalue weighted by Gasteiger charge is 2.35. The van der Waals surface area contributed by atoms with E-state index in [1.165, 1.54) is 10.8 Å². The van der Waals surface area contributed by atoms with Crippen LogP contribution in [0.5, 0.6) is 11.5 Å². The monoisotopic (exact) mass is 562 g/mol. The fraction of sp³-hybridized carbons (Fsp3) is 0.296. The number of imidazole rings is 1. The molecule has 1 amide bonds. The summed E-state index contributed by atoms with van der Waals surface area (Å²) in [6, 6.07) is 8.62. The van der Waals surface area contributed by atoms with E-state index < -0.39 is 29.1 Å². The molecule has 0 radical (unpaired) electrons. The predicted octanol–water partition coefficient (Wildman–Crippen LogP) is 6.47. The number of amides is 1. The summed E-state index contributed by atoms with van der Waals surface area (Å²) >= 11 is 0. The number of alkyl halides is 3. The molecule has 4 aromatic rings. The third kappa shape index (κ3) is 6.65. The molecule has 40 heavy (non-hydrogen) atoms. The quantitative estimate of drug-likeness (QED) is 0.216. The fourth-order valence-electron chi connectivity index (χ4n) is 4.07. The number of carbonyl (C=O) groups is 1. The fourth-order valence-corrected chi connectivity index (χ4v) is 4.07. The maximum Gasteiger partial charge on any atom is 0.419 e. The van der Waals surface area contributed by atoms with Crippen molar-refractivity contribution < 1.29 is 31.5 Å². The van der Waals surface area contributed by atoms with Gasteiger partial charge in [-0.25, -0.2) is 18.7 Å². The molecule has 8 nitrogen and oxygen atoms in total. The van der Waals surface area contributed by atoms with Crippen molar-refractivity contribution in [1.82, 2.24) is 19.4 Å². The van der Waals surface area contributed by atoms with Crippen molar-refractivity contribution >= 4 is 34.4 Å². The third-order valence-electron chi connectivity index (χ3n) is 6.05. The molecule has 0 saturated heterocycles. The summed E-state index contributed by atoms with van der Waals surface area (Å²) in [5, 5.41) is 5.26. The van der Waals surface area contributed by atoms with Gasteiger partial charge < -0.3 is 19.9 Å². The van der Waals surface area contributed by atoms with Crippen molar-refractivity contribution in [3.63, 3.8) is 0 Å². The van der Waals surface area contributed by atoms with Gasteiger partial charge in [-0.15, -0.1) is 0 Å². The van der Waals surface area contributed by atoms with E-state index in [1.807, 2.05) is 18.7 Å². The number of aromatic nitrogens is 3. The van der Waals surface area contributed by atoms with Gasteiger partial charge in [-0.1, -0.05) is 13.8 Å². The van der Waals surface area contributed by atoms with E-state index in [2.05, 4.69) is 20.6 Å². The Balaban J connectivity index is 1.51. The lowest BCUT2D eigenvalue weighted by atomic mass is 10.1. The molecule has 0 bridgehead atoms. The van der Waals surface area contributed by atoms with Crippen LogP contribution < -0.4 is 15.4 Å². The maximum absolute atomic E-state index is 14.3. The van der Waals surface area contributed by atoms with Crippen molar-refractivity contribution in [2.75, 3.05) is 30.3 Å². The van der Waals surface area contributed by atoms with Gasteiger partial charge in [0.1, 0.15) is 29.0 Å². The molecule has 13 heteroatoms. The Morgan fingerprint density at radius 2 is 1.80 bits per heavy atom. The Bertz CT molecular complexity index is 1520. The van der Waals surface area contributed by atoms with Crippen LogP contribution in [0.25, 0.3) is 11.0 Å². The second-order valence-electron chi connectivity index (χ2n) is 8.98. The first-order valence-electron chi connectivity index (χ1n) is 12.4. The summed E-state index contributed by atoms with van der Waals surface area (Å²) in [4.78, 5) is 22.9. The standard InChI is InChI=1S/C27H27F5N6O2/c1-4-10-38(5-2)15-25(39)36-24-12-17(8-9-33-24)40-16-6-7-23-22(11-16)35-26(37(23)3)34-21-13-18(27(30,31)32)19(28)14-20(21)29/h6-9,11-14H,4-5,10,15H2,1-3H3,(H,34,35)(H,33,36,39). The summed E-state index contributed by atoms with van der Waals surface area (Å²) in [5.41, 5.74) is -1.20. The molecule has 4 rings (SSSR count). The number of rotatable bonds is 10. The number of carbonyl (C=O) groups excluding carboxylic acids is 1. The summed E-state index contributed by atoms with van der Waals surface area (Å²) in [5.74, 6) is -1.98. The molecule has 2 aromatic carbocycles. The molecule has 212 valence electrons. The van der Waals surface area contributed by atoms with Crippen LogP contribution >= 0.6 is 0 Å². The van der Waals surface area contributed by atoms with Gasteiger partial charge in [-0.05, 0) is 43.8 Å². The number of hydrogen-bond donors (Lipinski definition) is 2. The minimum absolute atomic E-state index is 0.0314. The van der Waals surface area contributed by atoms with E-state index in [4.69, 9.17) is 4.74 Å². The van der Waals surface area contributed by atoms with E-state index >= 15 is 0 Å². The summed E-state index contributed by atoms with van der Waals surface area (Å²) in [7, 11) is 1.59. The topological polar surface area (TPSA) is 84.3 Å². The van der Waals surface area contributed by atoms with Crippen LogP contribution in [-0.2, 0) is 18.0 Å². The molecule has 0 atom stereocenters. The second kappa shape index (κ2) is 11.9. The van der Waals surface area contributed by atoms with Crippen LogP contribution in [0.2, 0.25) is 0 Å². The molecular formula is C27H27F5N6O2. The van der Waals surface area contributed by atoms with Crippen molar-refractivity contribution in [3.8, 4) is 11.5 Å². The van der Waals surface area contributed by atoms with Gasteiger partial charge in [-0.3, -0.25) is 9.69 Å².